The number of nitrogens with zero attached hydrogens (tertiary/aromatic N) is 1. The lowest BCUT2D eigenvalue weighted by Crippen LogP contribution is -2.45. The highest BCUT2D eigenvalue weighted by Gasteiger charge is 2.25. The van der Waals surface area contributed by atoms with Gasteiger partial charge in [0.25, 0.3) is 0 Å². The van der Waals surface area contributed by atoms with Crippen LogP contribution in [0.5, 0.6) is 0 Å². The molecule has 0 bridgehead atoms. The predicted molar refractivity (Wildman–Crippen MR) is 86.2 cm³/mol. The van der Waals surface area contributed by atoms with Crippen molar-refractivity contribution < 1.29 is 4.74 Å². The second-order valence-corrected chi connectivity index (χ2v) is 6.67. The third kappa shape index (κ3) is 3.35. The van der Waals surface area contributed by atoms with E-state index in [4.69, 9.17) is 4.74 Å². The standard InChI is InChI=1S/C16H23BrN2O/c1-2-15-11-20-8-7-19(15)16-6-3-13(17)9-12(16)10-18-14-4-5-14/h3,6,9,14-15,18H,2,4-5,7-8,10-11H2,1H3. The van der Waals surface area contributed by atoms with Gasteiger partial charge in [-0.3, -0.25) is 0 Å². The Morgan fingerprint density at radius 1 is 1.40 bits per heavy atom. The van der Waals surface area contributed by atoms with Crippen molar-refractivity contribution in [2.24, 2.45) is 0 Å². The zero-order valence-electron chi connectivity index (χ0n) is 12.1. The molecule has 1 saturated carbocycles. The first kappa shape index (κ1) is 14.4. The third-order valence-corrected chi connectivity index (χ3v) is 4.70. The number of morpholine rings is 1. The molecule has 0 amide bonds. The SMILES string of the molecule is CCC1COCCN1c1ccc(Br)cc1CNC1CC1. The van der Waals surface area contributed by atoms with Crippen molar-refractivity contribution in [3.05, 3.63) is 28.2 Å². The van der Waals surface area contributed by atoms with E-state index in [2.05, 4.69) is 51.3 Å². The molecule has 0 aromatic heterocycles. The second-order valence-electron chi connectivity index (χ2n) is 5.76. The van der Waals surface area contributed by atoms with Crippen LogP contribution in [0.25, 0.3) is 0 Å². The molecule has 3 nitrogen and oxygen atoms in total. The number of hydrogen-bond donors (Lipinski definition) is 1. The van der Waals surface area contributed by atoms with Gasteiger partial charge in [0.05, 0.1) is 19.3 Å². The summed E-state index contributed by atoms with van der Waals surface area (Å²) in [5.41, 5.74) is 2.77. The summed E-state index contributed by atoms with van der Waals surface area (Å²) in [4.78, 5) is 2.53. The van der Waals surface area contributed by atoms with E-state index < -0.39 is 0 Å². The van der Waals surface area contributed by atoms with Gasteiger partial charge in [0.1, 0.15) is 0 Å². The van der Waals surface area contributed by atoms with Crippen molar-refractivity contribution in [3.8, 4) is 0 Å². The normalized spacial score (nSPS) is 23.1. The summed E-state index contributed by atoms with van der Waals surface area (Å²) in [7, 11) is 0. The highest BCUT2D eigenvalue weighted by atomic mass is 79.9. The number of hydrogen-bond acceptors (Lipinski definition) is 3. The van der Waals surface area contributed by atoms with Gasteiger partial charge in [0.15, 0.2) is 0 Å². The summed E-state index contributed by atoms with van der Waals surface area (Å²) < 4.78 is 6.79. The van der Waals surface area contributed by atoms with Gasteiger partial charge in [0.2, 0.25) is 0 Å². The number of benzene rings is 1. The minimum absolute atomic E-state index is 0.504. The molecule has 1 unspecified atom stereocenters. The minimum atomic E-state index is 0.504. The maximum Gasteiger partial charge on any atom is 0.0670 e. The molecule has 1 aromatic carbocycles. The molecule has 4 heteroatoms. The maximum absolute atomic E-state index is 5.63. The summed E-state index contributed by atoms with van der Waals surface area (Å²) in [6, 6.07) is 7.91. The van der Waals surface area contributed by atoms with Gasteiger partial charge in [-0.05, 0) is 43.0 Å². The molecule has 20 heavy (non-hydrogen) atoms. The Kier molecular flexibility index (Phi) is 4.64. The first-order valence-corrected chi connectivity index (χ1v) is 8.43. The van der Waals surface area contributed by atoms with Gasteiger partial charge < -0.3 is 15.0 Å². The van der Waals surface area contributed by atoms with E-state index in [9.17, 15) is 0 Å². The van der Waals surface area contributed by atoms with Gasteiger partial charge in [-0.25, -0.2) is 0 Å². The summed E-state index contributed by atoms with van der Waals surface area (Å²) in [6.45, 7) is 5.89. The number of rotatable bonds is 5. The van der Waals surface area contributed by atoms with Crippen LogP contribution in [0.3, 0.4) is 0 Å². The van der Waals surface area contributed by atoms with Crippen LogP contribution in [0.4, 0.5) is 5.69 Å². The number of nitrogens with one attached hydrogen (secondary N) is 1. The van der Waals surface area contributed by atoms with Gasteiger partial charge >= 0.3 is 0 Å². The summed E-state index contributed by atoms with van der Waals surface area (Å²) >= 11 is 3.60. The van der Waals surface area contributed by atoms with Crippen molar-refractivity contribution in [1.29, 1.82) is 0 Å². The topological polar surface area (TPSA) is 24.5 Å². The van der Waals surface area contributed by atoms with Crippen LogP contribution in [0.1, 0.15) is 31.7 Å². The van der Waals surface area contributed by atoms with Gasteiger partial charge in [-0.1, -0.05) is 22.9 Å². The molecule has 0 spiro atoms. The molecule has 1 N–H and O–H groups in total. The Morgan fingerprint density at radius 3 is 3.00 bits per heavy atom. The molecular weight excluding hydrogens is 316 g/mol. The Balaban J connectivity index is 1.81. The fourth-order valence-corrected chi connectivity index (χ4v) is 3.24. The van der Waals surface area contributed by atoms with Crippen LogP contribution in [-0.4, -0.2) is 31.8 Å². The van der Waals surface area contributed by atoms with E-state index in [0.717, 1.165) is 43.2 Å². The van der Waals surface area contributed by atoms with Crippen LogP contribution in [0, 0.1) is 0 Å². The first-order valence-electron chi connectivity index (χ1n) is 7.64. The Labute approximate surface area is 129 Å². The quantitative estimate of drug-likeness (QED) is 0.891. The lowest BCUT2D eigenvalue weighted by Gasteiger charge is -2.38. The maximum atomic E-state index is 5.63. The Hall–Kier alpha value is -0.580. The largest absolute Gasteiger partial charge is 0.377 e. The van der Waals surface area contributed by atoms with Crippen molar-refractivity contribution in [1.82, 2.24) is 5.32 Å². The lowest BCUT2D eigenvalue weighted by molar-refractivity contribution is 0.0929. The second kappa shape index (κ2) is 6.46. The van der Waals surface area contributed by atoms with Gasteiger partial charge in [-0.2, -0.15) is 0 Å². The van der Waals surface area contributed by atoms with Crippen molar-refractivity contribution in [3.63, 3.8) is 0 Å². The Bertz CT molecular complexity index is 462. The Morgan fingerprint density at radius 2 is 2.25 bits per heavy atom. The molecule has 2 aliphatic rings. The van der Waals surface area contributed by atoms with E-state index in [0.29, 0.717) is 6.04 Å². The smallest absolute Gasteiger partial charge is 0.0670 e. The van der Waals surface area contributed by atoms with Crippen LogP contribution < -0.4 is 10.2 Å². The molecule has 1 aliphatic heterocycles. The zero-order chi connectivity index (χ0) is 13.9. The molecule has 1 heterocycles. The van der Waals surface area contributed by atoms with Crippen LogP contribution in [0.2, 0.25) is 0 Å². The van der Waals surface area contributed by atoms with Gasteiger partial charge in [-0.15, -0.1) is 0 Å². The monoisotopic (exact) mass is 338 g/mol. The van der Waals surface area contributed by atoms with Crippen LogP contribution in [0.15, 0.2) is 22.7 Å². The minimum Gasteiger partial charge on any atom is -0.377 e. The van der Waals surface area contributed by atoms with E-state index in [-0.39, 0.29) is 0 Å². The average Bonchev–Trinajstić information content (AvgIpc) is 3.29. The van der Waals surface area contributed by atoms with E-state index in [1.165, 1.54) is 24.1 Å². The lowest BCUT2D eigenvalue weighted by atomic mass is 10.1. The number of halogens is 1. The fraction of sp³-hybridized carbons (Fsp3) is 0.625. The molecule has 1 aromatic rings. The van der Waals surface area contributed by atoms with Crippen LogP contribution >= 0.6 is 15.9 Å². The zero-order valence-corrected chi connectivity index (χ0v) is 13.7. The summed E-state index contributed by atoms with van der Waals surface area (Å²) in [6.07, 6.45) is 3.79. The number of ether oxygens (including phenoxy) is 1. The molecule has 0 radical (unpaired) electrons. The highest BCUT2D eigenvalue weighted by Crippen LogP contribution is 2.29. The molecular formula is C16H23BrN2O. The average molecular weight is 339 g/mol. The fourth-order valence-electron chi connectivity index (χ4n) is 2.83. The first-order chi connectivity index (χ1) is 9.78. The van der Waals surface area contributed by atoms with Crippen molar-refractivity contribution in [2.75, 3.05) is 24.7 Å². The van der Waals surface area contributed by atoms with Crippen molar-refractivity contribution >= 4 is 21.6 Å². The van der Waals surface area contributed by atoms with E-state index >= 15 is 0 Å². The van der Waals surface area contributed by atoms with Crippen molar-refractivity contribution in [2.45, 2.75) is 44.8 Å². The molecule has 1 saturated heterocycles. The molecule has 2 fully saturated rings. The van der Waals surface area contributed by atoms with E-state index in [1.54, 1.807) is 0 Å². The molecule has 3 rings (SSSR count). The summed E-state index contributed by atoms with van der Waals surface area (Å²) in [5, 5.41) is 3.63. The predicted octanol–water partition coefficient (Wildman–Crippen LogP) is 3.32. The molecule has 110 valence electrons. The third-order valence-electron chi connectivity index (χ3n) is 4.21. The number of anilines is 1. The van der Waals surface area contributed by atoms with Gasteiger partial charge in [0, 0.05) is 29.3 Å². The van der Waals surface area contributed by atoms with E-state index in [1.807, 2.05) is 0 Å². The summed E-state index contributed by atoms with van der Waals surface area (Å²) in [5.74, 6) is 0. The van der Waals surface area contributed by atoms with Crippen LogP contribution in [-0.2, 0) is 11.3 Å². The molecule has 1 atom stereocenters. The molecule has 1 aliphatic carbocycles. The highest BCUT2D eigenvalue weighted by molar-refractivity contribution is 9.10.